The molecule has 3 aromatic rings. The average molecular weight is 408 g/mol. The Labute approximate surface area is 152 Å². The Kier molecular flexibility index (Phi) is 5.65. The van der Waals surface area contributed by atoms with E-state index in [1.807, 2.05) is 41.2 Å². The third kappa shape index (κ3) is 4.23. The van der Waals surface area contributed by atoms with E-state index in [0.29, 0.717) is 19.6 Å². The van der Waals surface area contributed by atoms with Gasteiger partial charge in [0.05, 0.1) is 28.7 Å². The molecule has 2 heterocycles. The number of ether oxygens (including phenoxy) is 1. The van der Waals surface area contributed by atoms with E-state index in [1.165, 1.54) is 4.88 Å². The molecule has 2 aromatic heterocycles. The lowest BCUT2D eigenvalue weighted by Gasteiger charge is -2.07. The summed E-state index contributed by atoms with van der Waals surface area (Å²) in [6, 6.07) is 9.88. The van der Waals surface area contributed by atoms with Crippen LogP contribution < -0.4 is 5.32 Å². The molecule has 0 aliphatic rings. The summed E-state index contributed by atoms with van der Waals surface area (Å²) >= 11 is 5.10. The molecule has 0 saturated carbocycles. The maximum absolute atomic E-state index is 12.2. The number of aryl methyl sites for hydroxylation is 1. The number of rotatable bonds is 7. The van der Waals surface area contributed by atoms with Crippen LogP contribution in [-0.2, 0) is 22.5 Å². The number of carbonyl (C=O) groups excluding carboxylic acids is 1. The fraction of sp³-hybridized carbons (Fsp3) is 0.294. The molecule has 0 aliphatic carbocycles. The summed E-state index contributed by atoms with van der Waals surface area (Å²) in [7, 11) is 1.67. The number of benzene rings is 1. The number of nitrogens with zero attached hydrogens (tertiary/aromatic N) is 2. The van der Waals surface area contributed by atoms with Gasteiger partial charge in [-0.3, -0.25) is 9.48 Å². The van der Waals surface area contributed by atoms with Crippen LogP contribution in [-0.4, -0.2) is 29.4 Å². The van der Waals surface area contributed by atoms with Crippen LogP contribution in [0.4, 0.5) is 5.69 Å². The molecular weight excluding hydrogens is 390 g/mol. The van der Waals surface area contributed by atoms with Crippen LogP contribution in [0.2, 0.25) is 0 Å². The molecule has 24 heavy (non-hydrogen) atoms. The molecule has 0 fully saturated rings. The van der Waals surface area contributed by atoms with Crippen molar-refractivity contribution in [3.8, 4) is 0 Å². The zero-order valence-electron chi connectivity index (χ0n) is 13.3. The minimum absolute atomic E-state index is 0.0156. The number of halogens is 1. The molecule has 0 unspecified atom stereocenters. The lowest BCUT2D eigenvalue weighted by Crippen LogP contribution is -2.12. The number of amides is 1. The highest BCUT2D eigenvalue weighted by Crippen LogP contribution is 2.23. The van der Waals surface area contributed by atoms with E-state index < -0.39 is 0 Å². The van der Waals surface area contributed by atoms with Gasteiger partial charge in [0.1, 0.15) is 0 Å². The van der Waals surface area contributed by atoms with Crippen molar-refractivity contribution in [3.05, 3.63) is 45.2 Å². The zero-order valence-corrected chi connectivity index (χ0v) is 15.7. The van der Waals surface area contributed by atoms with Crippen LogP contribution in [0.15, 0.2) is 40.3 Å². The van der Waals surface area contributed by atoms with E-state index in [1.54, 1.807) is 18.4 Å². The van der Waals surface area contributed by atoms with Gasteiger partial charge in [-0.2, -0.15) is 5.10 Å². The van der Waals surface area contributed by atoms with Crippen molar-refractivity contribution in [2.45, 2.75) is 19.4 Å². The quantitative estimate of drug-likeness (QED) is 0.641. The van der Waals surface area contributed by atoms with Gasteiger partial charge in [-0.15, -0.1) is 11.3 Å². The first kappa shape index (κ1) is 17.1. The van der Waals surface area contributed by atoms with Gasteiger partial charge in [-0.05, 0) is 52.7 Å². The van der Waals surface area contributed by atoms with E-state index >= 15 is 0 Å². The van der Waals surface area contributed by atoms with Crippen molar-refractivity contribution in [1.29, 1.82) is 0 Å². The van der Waals surface area contributed by atoms with Gasteiger partial charge in [0.25, 0.3) is 0 Å². The highest BCUT2D eigenvalue weighted by molar-refractivity contribution is 9.11. The Morgan fingerprint density at radius 1 is 1.38 bits per heavy atom. The van der Waals surface area contributed by atoms with Crippen molar-refractivity contribution in [2.75, 3.05) is 19.0 Å². The van der Waals surface area contributed by atoms with Crippen molar-refractivity contribution in [2.24, 2.45) is 0 Å². The highest BCUT2D eigenvalue weighted by Gasteiger charge is 2.08. The minimum Gasteiger partial charge on any atom is -0.383 e. The van der Waals surface area contributed by atoms with Crippen LogP contribution in [0.3, 0.4) is 0 Å². The van der Waals surface area contributed by atoms with Crippen LogP contribution in [0.25, 0.3) is 10.9 Å². The molecule has 1 amide bonds. The average Bonchev–Trinajstić information content (AvgIpc) is 3.17. The molecule has 1 aromatic carbocycles. The largest absolute Gasteiger partial charge is 0.383 e. The highest BCUT2D eigenvalue weighted by atomic mass is 79.9. The van der Waals surface area contributed by atoms with Gasteiger partial charge in [0.2, 0.25) is 5.91 Å². The summed E-state index contributed by atoms with van der Waals surface area (Å²) in [6.45, 7) is 1.29. The zero-order chi connectivity index (χ0) is 16.9. The smallest absolute Gasteiger partial charge is 0.224 e. The topological polar surface area (TPSA) is 56.1 Å². The third-order valence-electron chi connectivity index (χ3n) is 3.66. The molecule has 0 radical (unpaired) electrons. The minimum atomic E-state index is 0.0156. The second kappa shape index (κ2) is 7.92. The van der Waals surface area contributed by atoms with Gasteiger partial charge in [-0.25, -0.2) is 0 Å². The van der Waals surface area contributed by atoms with Gasteiger partial charge in [-0.1, -0.05) is 0 Å². The van der Waals surface area contributed by atoms with E-state index in [4.69, 9.17) is 4.74 Å². The van der Waals surface area contributed by atoms with E-state index in [2.05, 4.69) is 26.3 Å². The second-order valence-corrected chi connectivity index (χ2v) is 7.94. The first-order valence-corrected chi connectivity index (χ1v) is 9.25. The first-order chi connectivity index (χ1) is 11.7. The molecule has 0 aliphatic heterocycles. The summed E-state index contributed by atoms with van der Waals surface area (Å²) < 4.78 is 8.08. The molecule has 0 atom stereocenters. The first-order valence-electron chi connectivity index (χ1n) is 7.64. The van der Waals surface area contributed by atoms with Crippen molar-refractivity contribution < 1.29 is 9.53 Å². The SMILES string of the molecule is COCCn1ncc2ccc(NC(=O)CCc3ccc(Br)s3)cc21. The summed E-state index contributed by atoms with van der Waals surface area (Å²) in [5.74, 6) is 0.0156. The van der Waals surface area contributed by atoms with Gasteiger partial charge < -0.3 is 10.1 Å². The number of methoxy groups -OCH3 is 1. The Morgan fingerprint density at radius 3 is 3.00 bits per heavy atom. The van der Waals surface area contributed by atoms with E-state index in [9.17, 15) is 4.79 Å². The fourth-order valence-electron chi connectivity index (χ4n) is 2.45. The lowest BCUT2D eigenvalue weighted by atomic mass is 10.2. The van der Waals surface area contributed by atoms with Crippen molar-refractivity contribution in [3.63, 3.8) is 0 Å². The molecule has 126 valence electrons. The Morgan fingerprint density at radius 2 is 2.25 bits per heavy atom. The summed E-state index contributed by atoms with van der Waals surface area (Å²) in [5.41, 5.74) is 1.78. The van der Waals surface area contributed by atoms with E-state index in [0.717, 1.165) is 26.8 Å². The molecular formula is C17H18BrN3O2S. The number of hydrogen-bond donors (Lipinski definition) is 1. The van der Waals surface area contributed by atoms with Gasteiger partial charge in [0.15, 0.2) is 0 Å². The maximum atomic E-state index is 12.2. The van der Waals surface area contributed by atoms with Crippen LogP contribution in [0.5, 0.6) is 0 Å². The van der Waals surface area contributed by atoms with Gasteiger partial charge >= 0.3 is 0 Å². The Bertz CT molecular complexity index is 843. The number of fused-ring (bicyclic) bond motifs is 1. The van der Waals surface area contributed by atoms with Gasteiger partial charge in [0, 0.05) is 29.5 Å². The number of thiophene rings is 1. The second-order valence-electron chi connectivity index (χ2n) is 5.39. The standard InChI is InChI=1S/C17H18BrN3O2S/c1-23-9-8-21-15-10-13(3-2-12(15)11-19-21)20-17(22)7-5-14-4-6-16(18)24-14/h2-4,6,10-11H,5,7-9H2,1H3,(H,20,22). The van der Waals surface area contributed by atoms with Crippen molar-refractivity contribution in [1.82, 2.24) is 9.78 Å². The molecule has 5 nitrogen and oxygen atoms in total. The van der Waals surface area contributed by atoms with E-state index in [-0.39, 0.29) is 5.91 Å². The summed E-state index contributed by atoms with van der Waals surface area (Å²) in [4.78, 5) is 13.4. The van der Waals surface area contributed by atoms with Crippen molar-refractivity contribution >= 4 is 49.8 Å². The fourth-order valence-corrected chi connectivity index (χ4v) is 3.93. The molecule has 1 N–H and O–H groups in total. The number of carbonyl (C=O) groups is 1. The Balaban J connectivity index is 1.64. The number of nitrogens with one attached hydrogen (secondary N) is 1. The molecule has 3 rings (SSSR count). The molecule has 7 heteroatoms. The molecule has 0 bridgehead atoms. The number of hydrogen-bond acceptors (Lipinski definition) is 4. The summed E-state index contributed by atoms with van der Waals surface area (Å²) in [5, 5.41) is 8.37. The lowest BCUT2D eigenvalue weighted by molar-refractivity contribution is -0.116. The predicted molar refractivity (Wildman–Crippen MR) is 101 cm³/mol. The number of aromatic nitrogens is 2. The monoisotopic (exact) mass is 407 g/mol. The Hall–Kier alpha value is -1.70. The number of anilines is 1. The van der Waals surface area contributed by atoms with Crippen LogP contribution in [0.1, 0.15) is 11.3 Å². The normalized spacial score (nSPS) is 11.1. The van der Waals surface area contributed by atoms with Crippen LogP contribution >= 0.6 is 27.3 Å². The third-order valence-corrected chi connectivity index (χ3v) is 5.35. The van der Waals surface area contributed by atoms with Crippen LogP contribution in [0, 0.1) is 0 Å². The summed E-state index contributed by atoms with van der Waals surface area (Å²) in [6.07, 6.45) is 3.04. The molecule has 0 spiro atoms. The predicted octanol–water partition coefficient (Wildman–Crippen LogP) is 4.08. The molecule has 0 saturated heterocycles. The maximum Gasteiger partial charge on any atom is 0.224 e.